The highest BCUT2D eigenvalue weighted by atomic mass is 16.5. The standard InChI is InChI=1S/C22H27NO3/c1-16(2)17-8-10-20(11-9-17)26-15-22(24)23(3)13-21-12-18-6-4-5-7-19(18)14-25-21/h4-11,16,21H,12-15H2,1-3H3. The lowest BCUT2D eigenvalue weighted by molar-refractivity contribution is -0.134. The lowest BCUT2D eigenvalue weighted by Gasteiger charge is -2.29. The van der Waals surface area contributed by atoms with Gasteiger partial charge in [0.2, 0.25) is 0 Å². The summed E-state index contributed by atoms with van der Waals surface area (Å²) < 4.78 is 11.5. The van der Waals surface area contributed by atoms with Gasteiger partial charge in [0.15, 0.2) is 6.61 Å². The molecule has 26 heavy (non-hydrogen) atoms. The topological polar surface area (TPSA) is 38.8 Å². The monoisotopic (exact) mass is 353 g/mol. The quantitative estimate of drug-likeness (QED) is 0.793. The molecule has 1 atom stereocenters. The molecule has 0 aromatic heterocycles. The van der Waals surface area contributed by atoms with Gasteiger partial charge in [0.1, 0.15) is 5.75 Å². The van der Waals surface area contributed by atoms with Crippen LogP contribution < -0.4 is 4.74 Å². The van der Waals surface area contributed by atoms with E-state index < -0.39 is 0 Å². The van der Waals surface area contributed by atoms with Gasteiger partial charge in [-0.1, -0.05) is 50.2 Å². The molecule has 4 heteroatoms. The van der Waals surface area contributed by atoms with Crippen molar-refractivity contribution in [3.8, 4) is 5.75 Å². The van der Waals surface area contributed by atoms with E-state index in [1.807, 2.05) is 30.3 Å². The van der Waals surface area contributed by atoms with E-state index in [1.54, 1.807) is 11.9 Å². The predicted octanol–water partition coefficient (Wildman–Crippen LogP) is 3.79. The van der Waals surface area contributed by atoms with Gasteiger partial charge in [0.05, 0.1) is 12.7 Å². The van der Waals surface area contributed by atoms with Crippen LogP contribution in [0.25, 0.3) is 0 Å². The van der Waals surface area contributed by atoms with Crippen LogP contribution in [0.15, 0.2) is 48.5 Å². The van der Waals surface area contributed by atoms with E-state index in [9.17, 15) is 4.79 Å². The maximum Gasteiger partial charge on any atom is 0.260 e. The van der Waals surface area contributed by atoms with Crippen molar-refractivity contribution in [2.45, 2.75) is 38.9 Å². The number of ether oxygens (including phenoxy) is 2. The van der Waals surface area contributed by atoms with Gasteiger partial charge in [-0.3, -0.25) is 4.79 Å². The average molecular weight is 353 g/mol. The number of nitrogens with zero attached hydrogens (tertiary/aromatic N) is 1. The van der Waals surface area contributed by atoms with Crippen LogP contribution in [0, 0.1) is 0 Å². The highest BCUT2D eigenvalue weighted by molar-refractivity contribution is 5.77. The Kier molecular flexibility index (Phi) is 5.94. The second-order valence-electron chi connectivity index (χ2n) is 7.19. The molecule has 1 aliphatic rings. The van der Waals surface area contributed by atoms with Crippen molar-refractivity contribution in [2.75, 3.05) is 20.2 Å². The molecule has 2 aromatic rings. The normalized spacial score (nSPS) is 16.2. The maximum absolute atomic E-state index is 12.4. The minimum absolute atomic E-state index is 0.0316. The second-order valence-corrected chi connectivity index (χ2v) is 7.19. The Morgan fingerprint density at radius 2 is 1.85 bits per heavy atom. The average Bonchev–Trinajstić information content (AvgIpc) is 2.66. The fraction of sp³-hybridized carbons (Fsp3) is 0.409. The number of hydrogen-bond acceptors (Lipinski definition) is 3. The number of amides is 1. The Labute approximate surface area is 155 Å². The number of carbonyl (C=O) groups excluding carboxylic acids is 1. The van der Waals surface area contributed by atoms with E-state index in [1.165, 1.54) is 16.7 Å². The Bertz CT molecular complexity index is 739. The molecule has 1 unspecified atom stereocenters. The first kappa shape index (κ1) is 18.5. The number of rotatable bonds is 6. The minimum Gasteiger partial charge on any atom is -0.484 e. The van der Waals surface area contributed by atoms with Crippen LogP contribution in [0.3, 0.4) is 0 Å². The molecule has 0 spiro atoms. The van der Waals surface area contributed by atoms with Gasteiger partial charge in [0.25, 0.3) is 5.91 Å². The van der Waals surface area contributed by atoms with Crippen molar-refractivity contribution in [2.24, 2.45) is 0 Å². The molecular weight excluding hydrogens is 326 g/mol. The van der Waals surface area contributed by atoms with Gasteiger partial charge in [0, 0.05) is 20.0 Å². The molecular formula is C22H27NO3. The van der Waals surface area contributed by atoms with E-state index in [4.69, 9.17) is 9.47 Å². The molecule has 0 aliphatic carbocycles. The largest absolute Gasteiger partial charge is 0.484 e. The first-order chi connectivity index (χ1) is 12.5. The van der Waals surface area contributed by atoms with Gasteiger partial charge in [-0.2, -0.15) is 0 Å². The molecule has 0 N–H and O–H groups in total. The zero-order valence-corrected chi connectivity index (χ0v) is 15.8. The summed E-state index contributed by atoms with van der Waals surface area (Å²) in [6.07, 6.45) is 0.870. The predicted molar refractivity (Wildman–Crippen MR) is 102 cm³/mol. The van der Waals surface area contributed by atoms with Crippen molar-refractivity contribution in [3.63, 3.8) is 0 Å². The van der Waals surface area contributed by atoms with Crippen LogP contribution in [0.2, 0.25) is 0 Å². The first-order valence-electron chi connectivity index (χ1n) is 9.18. The third-order valence-electron chi connectivity index (χ3n) is 4.85. The summed E-state index contributed by atoms with van der Waals surface area (Å²) in [4.78, 5) is 14.1. The lowest BCUT2D eigenvalue weighted by atomic mass is 9.99. The van der Waals surface area contributed by atoms with Gasteiger partial charge in [-0.05, 0) is 34.7 Å². The molecule has 1 amide bonds. The molecule has 0 radical (unpaired) electrons. The highest BCUT2D eigenvalue weighted by Crippen LogP contribution is 2.21. The van der Waals surface area contributed by atoms with Crippen LogP contribution >= 0.6 is 0 Å². The van der Waals surface area contributed by atoms with Crippen LogP contribution in [0.5, 0.6) is 5.75 Å². The molecule has 4 nitrogen and oxygen atoms in total. The zero-order valence-electron chi connectivity index (χ0n) is 15.8. The van der Waals surface area contributed by atoms with Gasteiger partial charge < -0.3 is 14.4 Å². The number of carbonyl (C=O) groups is 1. The van der Waals surface area contributed by atoms with Crippen LogP contribution in [0.4, 0.5) is 0 Å². The molecule has 3 rings (SSSR count). The minimum atomic E-state index is -0.0413. The fourth-order valence-electron chi connectivity index (χ4n) is 3.14. The van der Waals surface area contributed by atoms with Gasteiger partial charge in [-0.15, -0.1) is 0 Å². The highest BCUT2D eigenvalue weighted by Gasteiger charge is 2.22. The fourth-order valence-corrected chi connectivity index (χ4v) is 3.14. The van der Waals surface area contributed by atoms with Crippen molar-refractivity contribution >= 4 is 5.91 Å². The van der Waals surface area contributed by atoms with Crippen molar-refractivity contribution < 1.29 is 14.3 Å². The Morgan fingerprint density at radius 3 is 2.54 bits per heavy atom. The molecule has 0 saturated carbocycles. The van der Waals surface area contributed by atoms with E-state index in [0.29, 0.717) is 19.1 Å². The van der Waals surface area contributed by atoms with Gasteiger partial charge in [-0.25, -0.2) is 0 Å². The van der Waals surface area contributed by atoms with E-state index >= 15 is 0 Å². The maximum atomic E-state index is 12.4. The van der Waals surface area contributed by atoms with Crippen molar-refractivity contribution in [1.29, 1.82) is 0 Å². The summed E-state index contributed by atoms with van der Waals surface area (Å²) in [5.41, 5.74) is 3.81. The molecule has 1 aliphatic heterocycles. The SMILES string of the molecule is CC(C)c1ccc(OCC(=O)N(C)CC2Cc3ccccc3CO2)cc1. The number of likely N-dealkylation sites (N-methyl/N-ethyl adjacent to an activating group) is 1. The summed E-state index contributed by atoms with van der Waals surface area (Å²) >= 11 is 0. The van der Waals surface area contributed by atoms with E-state index in [-0.39, 0.29) is 18.6 Å². The van der Waals surface area contributed by atoms with Crippen LogP contribution in [-0.4, -0.2) is 37.1 Å². The third-order valence-corrected chi connectivity index (χ3v) is 4.85. The lowest BCUT2D eigenvalue weighted by Crippen LogP contribution is -2.40. The smallest absolute Gasteiger partial charge is 0.260 e. The van der Waals surface area contributed by atoms with Crippen LogP contribution in [0.1, 0.15) is 36.5 Å². The first-order valence-corrected chi connectivity index (χ1v) is 9.18. The summed E-state index contributed by atoms with van der Waals surface area (Å²) in [5.74, 6) is 1.16. The molecule has 2 aromatic carbocycles. The number of fused-ring (bicyclic) bond motifs is 1. The Balaban J connectivity index is 1.47. The van der Waals surface area contributed by atoms with Crippen molar-refractivity contribution in [1.82, 2.24) is 4.90 Å². The molecule has 0 bridgehead atoms. The molecule has 138 valence electrons. The molecule has 1 heterocycles. The van der Waals surface area contributed by atoms with Gasteiger partial charge >= 0.3 is 0 Å². The Hall–Kier alpha value is -2.33. The van der Waals surface area contributed by atoms with E-state index in [2.05, 4.69) is 32.0 Å². The summed E-state index contributed by atoms with van der Waals surface area (Å²) in [6, 6.07) is 16.2. The Morgan fingerprint density at radius 1 is 1.15 bits per heavy atom. The molecule has 0 saturated heterocycles. The van der Waals surface area contributed by atoms with Crippen molar-refractivity contribution in [3.05, 3.63) is 65.2 Å². The zero-order chi connectivity index (χ0) is 18.5. The number of benzene rings is 2. The summed E-state index contributed by atoms with van der Waals surface area (Å²) in [5, 5.41) is 0. The van der Waals surface area contributed by atoms with E-state index in [0.717, 1.165) is 12.2 Å². The second kappa shape index (κ2) is 8.37. The molecule has 0 fully saturated rings. The van der Waals surface area contributed by atoms with Crippen LogP contribution in [-0.2, 0) is 22.6 Å². The third kappa shape index (κ3) is 4.64. The summed E-state index contributed by atoms with van der Waals surface area (Å²) in [6.45, 7) is 5.53. The summed E-state index contributed by atoms with van der Waals surface area (Å²) in [7, 11) is 1.80. The number of hydrogen-bond donors (Lipinski definition) is 0.